The number of hydrogen-bond donors (Lipinski definition) is 2. The quantitative estimate of drug-likeness (QED) is 0.727. The lowest BCUT2D eigenvalue weighted by atomic mass is 10.0. The van der Waals surface area contributed by atoms with E-state index in [1.54, 1.807) is 0 Å². The molecule has 0 spiro atoms. The van der Waals surface area contributed by atoms with E-state index in [0.717, 1.165) is 32.7 Å². The summed E-state index contributed by atoms with van der Waals surface area (Å²) in [6, 6.07) is 7.49. The molecule has 0 aliphatic carbocycles. The largest absolute Gasteiger partial charge is 0.369 e. The Morgan fingerprint density at radius 1 is 1.25 bits per heavy atom. The first-order valence-corrected chi connectivity index (χ1v) is 6.14. The number of hydrogen-bond acceptors (Lipinski definition) is 3. The standard InChI is InChI=1S/C13H19N3/c1-10-2-3-11(8-12(10)13-9-15-13)16-6-4-14-5-7-16/h2-3,8,13-15H,4-7,9H2,1H3. The molecule has 0 aromatic heterocycles. The van der Waals surface area contributed by atoms with Crippen LogP contribution < -0.4 is 15.5 Å². The van der Waals surface area contributed by atoms with Crippen LogP contribution in [0.4, 0.5) is 5.69 Å². The number of nitrogens with zero attached hydrogens (tertiary/aromatic N) is 1. The fourth-order valence-electron chi connectivity index (χ4n) is 2.40. The summed E-state index contributed by atoms with van der Waals surface area (Å²) < 4.78 is 0. The van der Waals surface area contributed by atoms with Crippen molar-refractivity contribution in [2.45, 2.75) is 13.0 Å². The van der Waals surface area contributed by atoms with Crippen molar-refractivity contribution >= 4 is 5.69 Å². The van der Waals surface area contributed by atoms with Gasteiger partial charge in [-0.3, -0.25) is 0 Å². The third-order valence-electron chi connectivity index (χ3n) is 3.53. The van der Waals surface area contributed by atoms with Crippen molar-refractivity contribution in [1.29, 1.82) is 0 Å². The molecule has 3 nitrogen and oxygen atoms in total. The Kier molecular flexibility index (Phi) is 2.58. The van der Waals surface area contributed by atoms with E-state index in [1.165, 1.54) is 16.8 Å². The van der Waals surface area contributed by atoms with Gasteiger partial charge >= 0.3 is 0 Å². The minimum Gasteiger partial charge on any atom is -0.369 e. The molecule has 2 aliphatic rings. The van der Waals surface area contributed by atoms with Crippen LogP contribution in [0.25, 0.3) is 0 Å². The molecule has 1 unspecified atom stereocenters. The molecular weight excluding hydrogens is 198 g/mol. The Morgan fingerprint density at radius 2 is 2.00 bits per heavy atom. The first kappa shape index (κ1) is 10.1. The van der Waals surface area contributed by atoms with Crippen molar-refractivity contribution in [3.05, 3.63) is 29.3 Å². The van der Waals surface area contributed by atoms with Gasteiger partial charge in [0, 0.05) is 44.5 Å². The predicted molar refractivity (Wildman–Crippen MR) is 67.0 cm³/mol. The van der Waals surface area contributed by atoms with Crippen molar-refractivity contribution in [3.8, 4) is 0 Å². The van der Waals surface area contributed by atoms with Crippen LogP contribution in [0.2, 0.25) is 0 Å². The van der Waals surface area contributed by atoms with Gasteiger partial charge in [-0.05, 0) is 30.2 Å². The van der Waals surface area contributed by atoms with Crippen LogP contribution in [0.5, 0.6) is 0 Å². The highest BCUT2D eigenvalue weighted by molar-refractivity contribution is 5.52. The average molecular weight is 217 g/mol. The Bertz CT molecular complexity index is 379. The highest BCUT2D eigenvalue weighted by atomic mass is 15.2. The third kappa shape index (κ3) is 1.93. The zero-order chi connectivity index (χ0) is 11.0. The van der Waals surface area contributed by atoms with Crippen molar-refractivity contribution in [2.24, 2.45) is 0 Å². The van der Waals surface area contributed by atoms with Gasteiger partial charge in [0.05, 0.1) is 0 Å². The Balaban J connectivity index is 1.85. The normalized spacial score (nSPS) is 24.6. The van der Waals surface area contributed by atoms with Crippen LogP contribution in [-0.4, -0.2) is 32.7 Å². The molecule has 86 valence electrons. The van der Waals surface area contributed by atoms with E-state index < -0.39 is 0 Å². The van der Waals surface area contributed by atoms with E-state index in [0.29, 0.717) is 6.04 Å². The van der Waals surface area contributed by atoms with Gasteiger partial charge in [0.25, 0.3) is 0 Å². The van der Waals surface area contributed by atoms with Crippen LogP contribution in [-0.2, 0) is 0 Å². The molecule has 1 aromatic rings. The molecule has 3 heteroatoms. The predicted octanol–water partition coefficient (Wildman–Crippen LogP) is 1.05. The summed E-state index contributed by atoms with van der Waals surface area (Å²) in [6.07, 6.45) is 0. The molecule has 3 rings (SSSR count). The van der Waals surface area contributed by atoms with Crippen molar-refractivity contribution in [1.82, 2.24) is 10.6 Å². The van der Waals surface area contributed by atoms with E-state index in [-0.39, 0.29) is 0 Å². The maximum atomic E-state index is 3.39. The van der Waals surface area contributed by atoms with Crippen molar-refractivity contribution < 1.29 is 0 Å². The van der Waals surface area contributed by atoms with Gasteiger partial charge in [0.15, 0.2) is 0 Å². The van der Waals surface area contributed by atoms with E-state index in [2.05, 4.69) is 40.7 Å². The zero-order valence-corrected chi connectivity index (χ0v) is 9.79. The number of nitrogens with one attached hydrogen (secondary N) is 2. The Morgan fingerprint density at radius 3 is 2.69 bits per heavy atom. The number of benzene rings is 1. The van der Waals surface area contributed by atoms with Crippen molar-refractivity contribution in [3.63, 3.8) is 0 Å². The summed E-state index contributed by atoms with van der Waals surface area (Å²) in [5.41, 5.74) is 4.28. The highest BCUT2D eigenvalue weighted by Crippen LogP contribution is 2.29. The Labute approximate surface area is 96.8 Å². The van der Waals surface area contributed by atoms with Gasteiger partial charge in [0.2, 0.25) is 0 Å². The smallest absolute Gasteiger partial charge is 0.0451 e. The van der Waals surface area contributed by atoms with E-state index in [4.69, 9.17) is 0 Å². The minimum atomic E-state index is 0.614. The molecule has 2 aliphatic heterocycles. The van der Waals surface area contributed by atoms with Crippen molar-refractivity contribution in [2.75, 3.05) is 37.6 Å². The monoisotopic (exact) mass is 217 g/mol. The van der Waals surface area contributed by atoms with Crippen LogP contribution in [0.1, 0.15) is 17.2 Å². The van der Waals surface area contributed by atoms with Crippen LogP contribution in [0.15, 0.2) is 18.2 Å². The second-order valence-electron chi connectivity index (χ2n) is 4.74. The molecule has 1 atom stereocenters. The molecule has 2 saturated heterocycles. The molecule has 2 heterocycles. The summed E-state index contributed by atoms with van der Waals surface area (Å²) in [7, 11) is 0. The van der Waals surface area contributed by atoms with Crippen LogP contribution in [0, 0.1) is 6.92 Å². The number of aryl methyl sites for hydroxylation is 1. The number of anilines is 1. The van der Waals surface area contributed by atoms with E-state index in [1.807, 2.05) is 0 Å². The average Bonchev–Trinajstić information content (AvgIpc) is 3.15. The van der Waals surface area contributed by atoms with Gasteiger partial charge in [0.1, 0.15) is 0 Å². The maximum absolute atomic E-state index is 3.39. The highest BCUT2D eigenvalue weighted by Gasteiger charge is 2.24. The topological polar surface area (TPSA) is 37.2 Å². The lowest BCUT2D eigenvalue weighted by Gasteiger charge is -2.30. The molecule has 1 aromatic carbocycles. The fourth-order valence-corrected chi connectivity index (χ4v) is 2.40. The zero-order valence-electron chi connectivity index (χ0n) is 9.79. The molecule has 0 amide bonds. The van der Waals surface area contributed by atoms with E-state index in [9.17, 15) is 0 Å². The van der Waals surface area contributed by atoms with Crippen LogP contribution in [0.3, 0.4) is 0 Å². The SMILES string of the molecule is Cc1ccc(N2CCNCC2)cc1C1CN1. The molecule has 0 saturated carbocycles. The van der Waals surface area contributed by atoms with Gasteiger partial charge in [-0.25, -0.2) is 0 Å². The number of rotatable bonds is 2. The van der Waals surface area contributed by atoms with Gasteiger partial charge in [-0.15, -0.1) is 0 Å². The lowest BCUT2D eigenvalue weighted by Crippen LogP contribution is -2.43. The third-order valence-corrected chi connectivity index (χ3v) is 3.53. The first-order chi connectivity index (χ1) is 7.84. The van der Waals surface area contributed by atoms with Gasteiger partial charge < -0.3 is 15.5 Å². The second kappa shape index (κ2) is 4.07. The molecule has 0 radical (unpaired) electrons. The van der Waals surface area contributed by atoms with Crippen LogP contribution >= 0.6 is 0 Å². The fraction of sp³-hybridized carbons (Fsp3) is 0.538. The molecular formula is C13H19N3. The summed E-state index contributed by atoms with van der Waals surface area (Å²) >= 11 is 0. The molecule has 0 bridgehead atoms. The number of piperazine rings is 1. The summed E-state index contributed by atoms with van der Waals surface area (Å²) in [5.74, 6) is 0. The summed E-state index contributed by atoms with van der Waals surface area (Å²) in [6.45, 7) is 7.81. The Hall–Kier alpha value is -1.06. The van der Waals surface area contributed by atoms with Gasteiger partial charge in [-0.2, -0.15) is 0 Å². The summed E-state index contributed by atoms with van der Waals surface area (Å²) in [5, 5.41) is 6.78. The second-order valence-corrected chi connectivity index (χ2v) is 4.74. The van der Waals surface area contributed by atoms with E-state index >= 15 is 0 Å². The molecule has 2 fully saturated rings. The molecule has 16 heavy (non-hydrogen) atoms. The minimum absolute atomic E-state index is 0.614. The lowest BCUT2D eigenvalue weighted by molar-refractivity contribution is 0.589. The van der Waals surface area contributed by atoms with Gasteiger partial charge in [-0.1, -0.05) is 6.07 Å². The maximum Gasteiger partial charge on any atom is 0.0451 e. The molecule has 2 N–H and O–H groups in total. The summed E-state index contributed by atoms with van der Waals surface area (Å²) in [4.78, 5) is 2.47. The first-order valence-electron chi connectivity index (χ1n) is 6.14.